The van der Waals surface area contributed by atoms with Gasteiger partial charge in [0.15, 0.2) is 0 Å². The lowest BCUT2D eigenvalue weighted by molar-refractivity contribution is 0.0695. The molecule has 102 valence electrons. The summed E-state index contributed by atoms with van der Waals surface area (Å²) in [6.07, 6.45) is 2.34. The van der Waals surface area contributed by atoms with Crippen molar-refractivity contribution in [2.45, 2.75) is 26.2 Å². The molecule has 1 aromatic heterocycles. The first-order valence-corrected chi connectivity index (χ1v) is 7.44. The largest absolute Gasteiger partial charge is 0.478 e. The molecule has 1 aliphatic carbocycles. The molecule has 3 nitrogen and oxygen atoms in total. The molecular formula is C16H14BrNO2. The zero-order valence-corrected chi connectivity index (χ0v) is 12.7. The Balaban J connectivity index is 2.17. The number of benzene rings is 1. The summed E-state index contributed by atoms with van der Waals surface area (Å²) in [7, 11) is 0. The number of pyridine rings is 1. The second-order valence-corrected chi connectivity index (χ2v) is 5.94. The number of carboxylic acid groups (broad SMARTS) is 1. The smallest absolute Gasteiger partial charge is 0.337 e. The van der Waals surface area contributed by atoms with Gasteiger partial charge in [-0.3, -0.25) is 4.98 Å². The van der Waals surface area contributed by atoms with Gasteiger partial charge < -0.3 is 5.11 Å². The molecule has 1 aromatic carbocycles. The van der Waals surface area contributed by atoms with Gasteiger partial charge in [-0.15, -0.1) is 0 Å². The van der Waals surface area contributed by atoms with Gasteiger partial charge in [-0.05, 0) is 35.7 Å². The highest BCUT2D eigenvalue weighted by atomic mass is 79.9. The summed E-state index contributed by atoms with van der Waals surface area (Å²) in [5.74, 6) is -0.888. The molecule has 0 saturated heterocycles. The summed E-state index contributed by atoms with van der Waals surface area (Å²) < 4.78 is 1.04. The van der Waals surface area contributed by atoms with E-state index >= 15 is 0 Å². The van der Waals surface area contributed by atoms with Gasteiger partial charge in [-0.2, -0.15) is 0 Å². The summed E-state index contributed by atoms with van der Waals surface area (Å²) in [5.41, 5.74) is 5.31. The first-order valence-electron chi connectivity index (χ1n) is 6.65. The Morgan fingerprint density at radius 1 is 1.35 bits per heavy atom. The second kappa shape index (κ2) is 5.02. The first kappa shape index (κ1) is 13.3. The van der Waals surface area contributed by atoms with E-state index in [2.05, 4.69) is 33.0 Å². The van der Waals surface area contributed by atoms with E-state index < -0.39 is 5.97 Å². The predicted molar refractivity (Wildman–Crippen MR) is 81.1 cm³/mol. The van der Waals surface area contributed by atoms with Crippen LogP contribution in [0.5, 0.6) is 0 Å². The number of aromatic carboxylic acids is 1. The fraction of sp³-hybridized carbons (Fsp3) is 0.250. The highest BCUT2D eigenvalue weighted by Gasteiger charge is 2.24. The molecule has 0 saturated carbocycles. The van der Waals surface area contributed by atoms with Crippen molar-refractivity contribution in [3.8, 4) is 11.3 Å². The first-order chi connectivity index (χ1) is 9.60. The predicted octanol–water partition coefficient (Wildman–Crippen LogP) is 4.07. The third-order valence-electron chi connectivity index (χ3n) is 3.60. The van der Waals surface area contributed by atoms with Crippen LogP contribution in [0, 0.1) is 0 Å². The average Bonchev–Trinajstić information content (AvgIpc) is 2.74. The van der Waals surface area contributed by atoms with Crippen LogP contribution in [0.25, 0.3) is 11.3 Å². The molecule has 0 spiro atoms. The molecule has 0 amide bonds. The Morgan fingerprint density at radius 3 is 2.85 bits per heavy atom. The minimum absolute atomic E-state index is 0.345. The van der Waals surface area contributed by atoms with Gasteiger partial charge in [0.25, 0.3) is 0 Å². The maximum atomic E-state index is 11.4. The van der Waals surface area contributed by atoms with Crippen molar-refractivity contribution >= 4 is 21.9 Å². The average molecular weight is 332 g/mol. The van der Waals surface area contributed by atoms with E-state index in [4.69, 9.17) is 0 Å². The molecule has 0 fully saturated rings. The van der Waals surface area contributed by atoms with Crippen molar-refractivity contribution in [3.63, 3.8) is 0 Å². The number of nitrogens with zero attached hydrogens (tertiary/aromatic N) is 1. The van der Waals surface area contributed by atoms with E-state index in [0.29, 0.717) is 17.7 Å². The van der Waals surface area contributed by atoms with Crippen molar-refractivity contribution in [1.82, 2.24) is 4.98 Å². The number of halogens is 1. The molecule has 0 bridgehead atoms. The van der Waals surface area contributed by atoms with E-state index in [1.165, 1.54) is 5.56 Å². The van der Waals surface area contributed by atoms with Gasteiger partial charge in [-0.25, -0.2) is 4.79 Å². The SMILES string of the molecule is CCCc1nc2c(cc1C(=O)O)Cc1cc(Br)ccc1-2. The van der Waals surface area contributed by atoms with Crippen molar-refractivity contribution in [1.29, 1.82) is 0 Å². The summed E-state index contributed by atoms with van der Waals surface area (Å²) in [5, 5.41) is 9.34. The van der Waals surface area contributed by atoms with E-state index in [1.807, 2.05) is 13.0 Å². The molecule has 1 heterocycles. The van der Waals surface area contributed by atoms with Crippen LogP contribution in [-0.4, -0.2) is 16.1 Å². The molecule has 4 heteroatoms. The fourth-order valence-electron chi connectivity index (χ4n) is 2.72. The van der Waals surface area contributed by atoms with Gasteiger partial charge in [0.05, 0.1) is 17.0 Å². The van der Waals surface area contributed by atoms with Crippen LogP contribution in [0.4, 0.5) is 0 Å². The van der Waals surface area contributed by atoms with Gasteiger partial charge in [0.1, 0.15) is 0 Å². The van der Waals surface area contributed by atoms with Gasteiger partial charge in [-0.1, -0.05) is 35.3 Å². The number of carbonyl (C=O) groups is 1. The number of aryl methyl sites for hydroxylation is 1. The van der Waals surface area contributed by atoms with Gasteiger partial charge >= 0.3 is 5.97 Å². The van der Waals surface area contributed by atoms with E-state index in [-0.39, 0.29) is 0 Å². The van der Waals surface area contributed by atoms with E-state index in [1.54, 1.807) is 6.07 Å². The zero-order chi connectivity index (χ0) is 14.3. The number of aromatic nitrogens is 1. The Kier molecular flexibility index (Phi) is 3.34. The van der Waals surface area contributed by atoms with Crippen LogP contribution in [-0.2, 0) is 12.8 Å². The normalized spacial score (nSPS) is 12.1. The minimum atomic E-state index is -0.888. The van der Waals surface area contributed by atoms with E-state index in [0.717, 1.165) is 34.1 Å². The molecule has 20 heavy (non-hydrogen) atoms. The van der Waals surface area contributed by atoms with Crippen LogP contribution in [0.2, 0.25) is 0 Å². The van der Waals surface area contributed by atoms with Crippen LogP contribution in [0.15, 0.2) is 28.7 Å². The summed E-state index contributed by atoms with van der Waals surface area (Å²) >= 11 is 3.47. The highest BCUT2D eigenvalue weighted by Crippen LogP contribution is 2.37. The lowest BCUT2D eigenvalue weighted by Crippen LogP contribution is -2.06. The minimum Gasteiger partial charge on any atom is -0.478 e. The lowest BCUT2D eigenvalue weighted by Gasteiger charge is -2.08. The van der Waals surface area contributed by atoms with Crippen LogP contribution < -0.4 is 0 Å². The third kappa shape index (κ3) is 2.14. The van der Waals surface area contributed by atoms with Crippen molar-refractivity contribution in [3.05, 3.63) is 51.1 Å². The van der Waals surface area contributed by atoms with Crippen molar-refractivity contribution in [2.24, 2.45) is 0 Å². The summed E-state index contributed by atoms with van der Waals surface area (Å²) in [4.78, 5) is 16.0. The number of hydrogen-bond donors (Lipinski definition) is 1. The Hall–Kier alpha value is -1.68. The molecule has 1 aliphatic rings. The molecule has 0 atom stereocenters. The molecule has 3 rings (SSSR count). The Bertz CT molecular complexity index is 710. The van der Waals surface area contributed by atoms with Crippen molar-refractivity contribution < 1.29 is 9.90 Å². The molecule has 1 N–H and O–H groups in total. The molecule has 0 aliphatic heterocycles. The Labute approximate surface area is 125 Å². The monoisotopic (exact) mass is 331 g/mol. The van der Waals surface area contributed by atoms with Crippen molar-refractivity contribution in [2.75, 3.05) is 0 Å². The number of carboxylic acids is 1. The number of fused-ring (bicyclic) bond motifs is 3. The maximum absolute atomic E-state index is 11.4. The van der Waals surface area contributed by atoms with Crippen LogP contribution in [0.1, 0.15) is 40.5 Å². The third-order valence-corrected chi connectivity index (χ3v) is 4.09. The molecule has 2 aromatic rings. The highest BCUT2D eigenvalue weighted by molar-refractivity contribution is 9.10. The van der Waals surface area contributed by atoms with Gasteiger partial charge in [0, 0.05) is 16.5 Å². The molecule has 0 unspecified atom stereocenters. The quantitative estimate of drug-likeness (QED) is 0.787. The number of hydrogen-bond acceptors (Lipinski definition) is 2. The standard InChI is InChI=1S/C16H14BrNO2/c1-2-3-14-13(16(19)20)8-10-6-9-7-11(17)4-5-12(9)15(10)18-14/h4-5,7-8H,2-3,6H2,1H3,(H,19,20). The molecular weight excluding hydrogens is 318 g/mol. The van der Waals surface area contributed by atoms with Crippen LogP contribution in [0.3, 0.4) is 0 Å². The lowest BCUT2D eigenvalue weighted by atomic mass is 10.0. The van der Waals surface area contributed by atoms with E-state index in [9.17, 15) is 9.90 Å². The zero-order valence-electron chi connectivity index (χ0n) is 11.1. The second-order valence-electron chi connectivity index (χ2n) is 5.02. The van der Waals surface area contributed by atoms with Gasteiger partial charge in [0.2, 0.25) is 0 Å². The fourth-order valence-corrected chi connectivity index (χ4v) is 3.13. The Morgan fingerprint density at radius 2 is 2.15 bits per heavy atom. The number of rotatable bonds is 3. The maximum Gasteiger partial charge on any atom is 0.337 e. The summed E-state index contributed by atoms with van der Waals surface area (Å²) in [6, 6.07) is 7.93. The van der Waals surface area contributed by atoms with Crippen LogP contribution >= 0.6 is 15.9 Å². The molecule has 0 radical (unpaired) electrons. The topological polar surface area (TPSA) is 50.2 Å². The summed E-state index contributed by atoms with van der Waals surface area (Å²) in [6.45, 7) is 2.03.